The highest BCUT2D eigenvalue weighted by Crippen LogP contribution is 2.33. The molecule has 0 bridgehead atoms. The monoisotopic (exact) mass is 308 g/mol. The number of aromatic hydroxyl groups is 1. The van der Waals surface area contributed by atoms with Crippen LogP contribution >= 0.6 is 23.2 Å². The zero-order chi connectivity index (χ0) is 12.4. The van der Waals surface area contributed by atoms with E-state index in [1.165, 1.54) is 12.8 Å². The predicted octanol–water partition coefficient (Wildman–Crippen LogP) is 0.935. The average molecular weight is 310 g/mol. The standard InChI is InChI=1S/C13H17Cl2NO.ClH/c1-9-2-4-16(5-3-9)8-10-6-11(14)13(17)12(15)7-10;/h6-7,9,17H,2-5,8H2,1H3;1H/p-1. The number of hydrogen-bond donors (Lipinski definition) is 1. The predicted molar refractivity (Wildman–Crippen MR) is 71.8 cm³/mol. The van der Waals surface area contributed by atoms with Crippen molar-refractivity contribution < 1.29 is 17.5 Å². The third-order valence-corrected chi connectivity index (χ3v) is 3.94. The van der Waals surface area contributed by atoms with Crippen LogP contribution in [0.3, 0.4) is 0 Å². The van der Waals surface area contributed by atoms with Crippen molar-refractivity contribution in [1.82, 2.24) is 4.90 Å². The van der Waals surface area contributed by atoms with Gasteiger partial charge in [0, 0.05) is 6.54 Å². The Morgan fingerprint density at radius 1 is 1.22 bits per heavy atom. The van der Waals surface area contributed by atoms with E-state index < -0.39 is 0 Å². The van der Waals surface area contributed by atoms with Crippen LogP contribution in [0.4, 0.5) is 0 Å². The molecule has 0 spiro atoms. The van der Waals surface area contributed by atoms with Gasteiger partial charge in [-0.3, -0.25) is 4.90 Å². The summed E-state index contributed by atoms with van der Waals surface area (Å²) in [5.41, 5.74) is 1.06. The second-order valence-corrected chi connectivity index (χ2v) is 5.68. The minimum absolute atomic E-state index is 0. The number of piperidine rings is 1. The summed E-state index contributed by atoms with van der Waals surface area (Å²) in [6.45, 7) is 5.40. The molecule has 0 atom stereocenters. The van der Waals surface area contributed by atoms with Crippen LogP contribution < -0.4 is 12.4 Å². The molecule has 1 saturated heterocycles. The molecule has 1 heterocycles. The van der Waals surface area contributed by atoms with E-state index in [1.54, 1.807) is 12.1 Å². The SMILES string of the molecule is CC1CCN(Cc2cc(Cl)c(O)c(Cl)c2)CC1.[Cl-]. The Hall–Kier alpha value is -0.150. The Kier molecular flexibility index (Phi) is 6.06. The van der Waals surface area contributed by atoms with Gasteiger partial charge in [0.2, 0.25) is 0 Å². The van der Waals surface area contributed by atoms with Crippen molar-refractivity contribution in [3.05, 3.63) is 27.7 Å². The topological polar surface area (TPSA) is 23.5 Å². The molecule has 2 nitrogen and oxygen atoms in total. The van der Waals surface area contributed by atoms with E-state index in [1.807, 2.05) is 0 Å². The fraction of sp³-hybridized carbons (Fsp3) is 0.538. The second-order valence-electron chi connectivity index (χ2n) is 4.87. The first-order valence-corrected chi connectivity index (χ1v) is 6.71. The quantitative estimate of drug-likeness (QED) is 0.879. The number of likely N-dealkylation sites (tertiary alicyclic amines) is 1. The first-order valence-electron chi connectivity index (χ1n) is 5.95. The van der Waals surface area contributed by atoms with E-state index in [2.05, 4.69) is 11.8 Å². The highest BCUT2D eigenvalue weighted by Gasteiger charge is 2.16. The summed E-state index contributed by atoms with van der Waals surface area (Å²) in [6, 6.07) is 3.58. The van der Waals surface area contributed by atoms with Crippen LogP contribution in [0.15, 0.2) is 12.1 Å². The van der Waals surface area contributed by atoms with E-state index in [9.17, 15) is 5.11 Å². The molecule has 2 rings (SSSR count). The molecule has 0 saturated carbocycles. The van der Waals surface area contributed by atoms with Crippen LogP contribution in [0.25, 0.3) is 0 Å². The summed E-state index contributed by atoms with van der Waals surface area (Å²) < 4.78 is 0. The molecule has 18 heavy (non-hydrogen) atoms. The molecule has 1 aliphatic heterocycles. The number of phenols is 1. The van der Waals surface area contributed by atoms with Gasteiger partial charge in [-0.05, 0) is 49.5 Å². The van der Waals surface area contributed by atoms with Gasteiger partial charge in [-0.2, -0.15) is 0 Å². The lowest BCUT2D eigenvalue weighted by molar-refractivity contribution is -0.00000442. The molecule has 1 aliphatic rings. The normalized spacial score (nSPS) is 17.5. The van der Waals surface area contributed by atoms with Gasteiger partial charge >= 0.3 is 0 Å². The van der Waals surface area contributed by atoms with Crippen molar-refractivity contribution in [3.63, 3.8) is 0 Å². The fourth-order valence-corrected chi connectivity index (χ4v) is 2.72. The largest absolute Gasteiger partial charge is 1.00 e. The van der Waals surface area contributed by atoms with Gasteiger partial charge < -0.3 is 17.5 Å². The number of rotatable bonds is 2. The van der Waals surface area contributed by atoms with Crippen LogP contribution in [0, 0.1) is 5.92 Å². The Morgan fingerprint density at radius 2 is 1.72 bits per heavy atom. The Bertz CT molecular complexity index is 380. The molecule has 1 N–H and O–H groups in total. The molecule has 0 radical (unpaired) electrons. The van der Waals surface area contributed by atoms with Gasteiger partial charge in [-0.25, -0.2) is 0 Å². The molecule has 0 amide bonds. The highest BCUT2D eigenvalue weighted by molar-refractivity contribution is 6.37. The molecule has 0 aromatic heterocycles. The van der Waals surface area contributed by atoms with Crippen LogP contribution in [-0.2, 0) is 6.54 Å². The fourth-order valence-electron chi connectivity index (χ4n) is 2.19. The molecule has 0 aliphatic carbocycles. The molecule has 102 valence electrons. The molecule has 1 aromatic rings. The summed E-state index contributed by atoms with van der Waals surface area (Å²) in [4.78, 5) is 2.40. The highest BCUT2D eigenvalue weighted by atomic mass is 35.5. The summed E-state index contributed by atoms with van der Waals surface area (Å²) in [7, 11) is 0. The van der Waals surface area contributed by atoms with Crippen molar-refractivity contribution in [1.29, 1.82) is 0 Å². The van der Waals surface area contributed by atoms with Crippen LogP contribution in [-0.4, -0.2) is 23.1 Å². The average Bonchev–Trinajstić information content (AvgIpc) is 2.29. The lowest BCUT2D eigenvalue weighted by Gasteiger charge is -2.30. The summed E-state index contributed by atoms with van der Waals surface area (Å²) in [6.07, 6.45) is 2.50. The summed E-state index contributed by atoms with van der Waals surface area (Å²) in [5, 5.41) is 10.2. The third-order valence-electron chi connectivity index (χ3n) is 3.36. The molecule has 1 aromatic carbocycles. The van der Waals surface area contributed by atoms with Crippen molar-refractivity contribution in [3.8, 4) is 5.75 Å². The lowest BCUT2D eigenvalue weighted by atomic mass is 9.99. The van der Waals surface area contributed by atoms with Crippen LogP contribution in [0.1, 0.15) is 25.3 Å². The van der Waals surface area contributed by atoms with Crippen LogP contribution in [0.5, 0.6) is 5.75 Å². The van der Waals surface area contributed by atoms with Gasteiger partial charge in [0.1, 0.15) is 0 Å². The number of hydrogen-bond acceptors (Lipinski definition) is 2. The van der Waals surface area contributed by atoms with E-state index in [0.717, 1.165) is 31.1 Å². The van der Waals surface area contributed by atoms with E-state index in [4.69, 9.17) is 23.2 Å². The van der Waals surface area contributed by atoms with Gasteiger partial charge in [-0.15, -0.1) is 0 Å². The number of nitrogens with zero attached hydrogens (tertiary/aromatic N) is 1. The Labute approximate surface area is 124 Å². The summed E-state index contributed by atoms with van der Waals surface area (Å²) in [5.74, 6) is 0.808. The zero-order valence-electron chi connectivity index (χ0n) is 10.3. The van der Waals surface area contributed by atoms with Crippen molar-refractivity contribution in [2.75, 3.05) is 13.1 Å². The van der Waals surface area contributed by atoms with E-state index in [-0.39, 0.29) is 18.2 Å². The zero-order valence-corrected chi connectivity index (χ0v) is 12.6. The van der Waals surface area contributed by atoms with E-state index >= 15 is 0 Å². The molecule has 1 fully saturated rings. The molecule has 0 unspecified atom stereocenters. The third kappa shape index (κ3) is 3.92. The lowest BCUT2D eigenvalue weighted by Crippen LogP contribution is -3.00. The van der Waals surface area contributed by atoms with Crippen LogP contribution in [0.2, 0.25) is 10.0 Å². The van der Waals surface area contributed by atoms with Gasteiger partial charge in [0.15, 0.2) is 5.75 Å². The van der Waals surface area contributed by atoms with Crippen molar-refractivity contribution >= 4 is 23.2 Å². The first kappa shape index (κ1) is 15.9. The number of benzene rings is 1. The first-order chi connectivity index (χ1) is 8.06. The summed E-state index contributed by atoms with van der Waals surface area (Å²) >= 11 is 11.8. The van der Waals surface area contributed by atoms with E-state index in [0.29, 0.717) is 10.0 Å². The maximum atomic E-state index is 9.49. The Morgan fingerprint density at radius 3 is 2.22 bits per heavy atom. The number of halogens is 3. The molecular weight excluding hydrogens is 293 g/mol. The molecule has 5 heteroatoms. The number of phenolic OH excluding ortho intramolecular Hbond substituents is 1. The smallest absolute Gasteiger partial charge is 0.152 e. The van der Waals surface area contributed by atoms with Gasteiger partial charge in [-0.1, -0.05) is 30.1 Å². The van der Waals surface area contributed by atoms with Crippen molar-refractivity contribution in [2.24, 2.45) is 5.92 Å². The minimum Gasteiger partial charge on any atom is -1.00 e. The minimum atomic E-state index is -0.0238. The maximum absolute atomic E-state index is 9.49. The molecular formula is C13H17Cl3NO-. The maximum Gasteiger partial charge on any atom is 0.152 e. The second kappa shape index (κ2) is 6.85. The van der Waals surface area contributed by atoms with Gasteiger partial charge in [0.05, 0.1) is 10.0 Å². The van der Waals surface area contributed by atoms with Gasteiger partial charge in [0.25, 0.3) is 0 Å². The van der Waals surface area contributed by atoms with Crippen molar-refractivity contribution in [2.45, 2.75) is 26.3 Å². The Balaban J connectivity index is 0.00000162.